The van der Waals surface area contributed by atoms with Crippen molar-refractivity contribution in [2.45, 2.75) is 13.0 Å². The maximum atomic E-state index is 12.8. The number of carbonyl (C=O) groups excluding carboxylic acids is 1. The molecule has 2 aliphatic heterocycles. The number of aromatic nitrogens is 3. The Balaban J connectivity index is 1.21. The third kappa shape index (κ3) is 3.64. The minimum absolute atomic E-state index is 0.0285. The zero-order valence-electron chi connectivity index (χ0n) is 18.4. The Morgan fingerprint density at radius 2 is 1.85 bits per heavy atom. The summed E-state index contributed by atoms with van der Waals surface area (Å²) in [4.78, 5) is 30.6. The Morgan fingerprint density at radius 1 is 1.06 bits per heavy atom. The lowest BCUT2D eigenvalue weighted by atomic mass is 9.97. The van der Waals surface area contributed by atoms with Crippen molar-refractivity contribution >= 4 is 39.9 Å². The monoisotopic (exact) mass is 443 g/mol. The van der Waals surface area contributed by atoms with Crippen molar-refractivity contribution in [1.82, 2.24) is 25.2 Å². The Labute approximate surface area is 190 Å². The normalized spacial score (nSPS) is 19.2. The van der Waals surface area contributed by atoms with Crippen LogP contribution in [0.1, 0.15) is 6.92 Å². The maximum Gasteiger partial charge on any atom is 0.292 e. The fourth-order valence-corrected chi connectivity index (χ4v) is 4.67. The lowest BCUT2D eigenvalue weighted by molar-refractivity contribution is -0.137. The number of benzene rings is 2. The van der Waals surface area contributed by atoms with Crippen molar-refractivity contribution in [3.05, 3.63) is 42.6 Å². The first-order chi connectivity index (χ1) is 16.0. The highest BCUT2D eigenvalue weighted by atomic mass is 16.4. The molecule has 1 amide bonds. The lowest BCUT2D eigenvalue weighted by Crippen LogP contribution is -2.59. The molecule has 33 heavy (non-hydrogen) atoms. The summed E-state index contributed by atoms with van der Waals surface area (Å²) in [6.45, 7) is 5.90. The average molecular weight is 444 g/mol. The van der Waals surface area contributed by atoms with E-state index in [2.05, 4.69) is 27.1 Å². The van der Waals surface area contributed by atoms with E-state index in [9.17, 15) is 4.79 Å². The number of fused-ring (bicyclic) bond motifs is 2. The third-order valence-electron chi connectivity index (χ3n) is 6.50. The number of piperazine rings is 1. The number of hydrogen-bond acceptors (Lipinski definition) is 8. The lowest BCUT2D eigenvalue weighted by Gasteiger charge is -2.42. The minimum Gasteiger partial charge on any atom is -0.424 e. The molecule has 168 valence electrons. The van der Waals surface area contributed by atoms with E-state index >= 15 is 0 Å². The van der Waals surface area contributed by atoms with E-state index in [-0.39, 0.29) is 17.8 Å². The van der Waals surface area contributed by atoms with Gasteiger partial charge in [0.15, 0.2) is 5.58 Å². The highest BCUT2D eigenvalue weighted by Crippen LogP contribution is 2.29. The second-order valence-electron chi connectivity index (χ2n) is 8.91. The molecular formula is C24H25N7O2. The molecule has 9 heteroatoms. The molecule has 6 rings (SSSR count). The molecule has 1 unspecified atom stereocenters. The molecule has 2 aromatic carbocycles. The Morgan fingerprint density at radius 3 is 2.67 bits per heavy atom. The Bertz CT molecular complexity index is 1360. The number of amides is 1. The molecule has 2 saturated heterocycles. The fraction of sp³-hybridized carbons (Fsp3) is 0.333. The van der Waals surface area contributed by atoms with Crippen LogP contribution in [-0.2, 0) is 4.79 Å². The summed E-state index contributed by atoms with van der Waals surface area (Å²) in [5.74, 6) is 1.08. The first-order valence-electron chi connectivity index (χ1n) is 11.2. The molecule has 0 spiro atoms. The zero-order valence-corrected chi connectivity index (χ0v) is 18.4. The molecule has 0 aliphatic carbocycles. The zero-order chi connectivity index (χ0) is 22.5. The van der Waals surface area contributed by atoms with Gasteiger partial charge in [-0.2, -0.15) is 4.98 Å². The smallest absolute Gasteiger partial charge is 0.292 e. The van der Waals surface area contributed by atoms with E-state index in [1.807, 2.05) is 41.3 Å². The number of rotatable bonds is 3. The van der Waals surface area contributed by atoms with E-state index in [4.69, 9.17) is 15.1 Å². The van der Waals surface area contributed by atoms with Crippen molar-refractivity contribution < 1.29 is 9.21 Å². The topological polar surface area (TPSA) is 113 Å². The van der Waals surface area contributed by atoms with Crippen molar-refractivity contribution in [3.8, 4) is 11.1 Å². The van der Waals surface area contributed by atoms with Gasteiger partial charge in [0, 0.05) is 38.8 Å². The number of carbonyl (C=O) groups is 1. The fourth-order valence-electron chi connectivity index (χ4n) is 4.67. The summed E-state index contributed by atoms with van der Waals surface area (Å²) >= 11 is 0. The minimum atomic E-state index is 0.0285. The number of nitrogen functional groups attached to an aromatic ring is 1. The molecule has 0 radical (unpaired) electrons. The van der Waals surface area contributed by atoms with Crippen LogP contribution in [0.2, 0.25) is 0 Å². The quantitative estimate of drug-likeness (QED) is 0.496. The van der Waals surface area contributed by atoms with Gasteiger partial charge in [-0.1, -0.05) is 12.1 Å². The third-order valence-corrected chi connectivity index (χ3v) is 6.50. The molecule has 2 aliphatic rings. The Kier molecular flexibility index (Phi) is 4.65. The molecule has 0 bridgehead atoms. The highest BCUT2D eigenvalue weighted by molar-refractivity contribution is 5.86. The van der Waals surface area contributed by atoms with Crippen LogP contribution in [-0.4, -0.2) is 64.5 Å². The molecule has 9 nitrogen and oxygen atoms in total. The van der Waals surface area contributed by atoms with Crippen LogP contribution in [0, 0.1) is 5.92 Å². The summed E-state index contributed by atoms with van der Waals surface area (Å²) in [6.07, 6.45) is 1.79. The van der Waals surface area contributed by atoms with Gasteiger partial charge >= 0.3 is 0 Å². The summed E-state index contributed by atoms with van der Waals surface area (Å²) in [7, 11) is 0. The van der Waals surface area contributed by atoms with Crippen molar-refractivity contribution in [3.63, 3.8) is 0 Å². The molecule has 1 atom stereocenters. The van der Waals surface area contributed by atoms with Gasteiger partial charge in [-0.05, 0) is 42.3 Å². The van der Waals surface area contributed by atoms with Gasteiger partial charge in [0.05, 0.1) is 23.1 Å². The first kappa shape index (κ1) is 19.9. The van der Waals surface area contributed by atoms with Crippen molar-refractivity contribution in [2.75, 3.05) is 43.4 Å². The van der Waals surface area contributed by atoms with E-state index in [0.717, 1.165) is 53.1 Å². The standard InChI is InChI=1S/C24H25N7O2/c1-14-11-30(7-6-26-14)23(32)17-12-31(13-17)22-10-27-18-4-2-15(8-19(18)28-22)16-3-5-21-20(9-16)29-24(25)33-21/h2-5,8-10,14,17,26H,6-7,11-13H2,1H3,(H2,25,29). The summed E-state index contributed by atoms with van der Waals surface area (Å²) in [5, 5.41) is 3.38. The Hall–Kier alpha value is -3.72. The molecule has 4 heterocycles. The first-order valence-corrected chi connectivity index (χ1v) is 11.2. The van der Waals surface area contributed by atoms with Crippen LogP contribution in [0.15, 0.2) is 47.0 Å². The summed E-state index contributed by atoms with van der Waals surface area (Å²) in [5.41, 5.74) is 10.7. The van der Waals surface area contributed by atoms with Crippen LogP contribution < -0.4 is 16.0 Å². The van der Waals surface area contributed by atoms with Gasteiger partial charge < -0.3 is 25.3 Å². The van der Waals surface area contributed by atoms with Crippen LogP contribution in [0.4, 0.5) is 11.8 Å². The molecule has 4 aromatic rings. The predicted octanol–water partition coefficient (Wildman–Crippen LogP) is 2.28. The number of anilines is 2. The van der Waals surface area contributed by atoms with Crippen molar-refractivity contribution in [2.24, 2.45) is 5.92 Å². The molecule has 3 N–H and O–H groups in total. The second kappa shape index (κ2) is 7.70. The van der Waals surface area contributed by atoms with E-state index in [0.29, 0.717) is 24.7 Å². The maximum absolute atomic E-state index is 12.8. The van der Waals surface area contributed by atoms with E-state index in [1.54, 1.807) is 6.20 Å². The van der Waals surface area contributed by atoms with Crippen molar-refractivity contribution in [1.29, 1.82) is 0 Å². The van der Waals surface area contributed by atoms with Gasteiger partial charge in [0.25, 0.3) is 6.01 Å². The second-order valence-corrected chi connectivity index (χ2v) is 8.91. The van der Waals surface area contributed by atoms with Gasteiger partial charge in [-0.15, -0.1) is 0 Å². The summed E-state index contributed by atoms with van der Waals surface area (Å²) in [6, 6.07) is 12.3. The number of hydrogen-bond donors (Lipinski definition) is 2. The van der Waals surface area contributed by atoms with E-state index < -0.39 is 0 Å². The van der Waals surface area contributed by atoms with Gasteiger partial charge in [0.2, 0.25) is 5.91 Å². The van der Waals surface area contributed by atoms with Gasteiger partial charge in [-0.3, -0.25) is 9.78 Å². The molecular weight excluding hydrogens is 418 g/mol. The van der Waals surface area contributed by atoms with Gasteiger partial charge in [-0.25, -0.2) is 4.98 Å². The number of oxazole rings is 1. The predicted molar refractivity (Wildman–Crippen MR) is 127 cm³/mol. The van der Waals surface area contributed by atoms with Crippen LogP contribution >= 0.6 is 0 Å². The van der Waals surface area contributed by atoms with Crippen LogP contribution in [0.5, 0.6) is 0 Å². The van der Waals surface area contributed by atoms with Crippen LogP contribution in [0.3, 0.4) is 0 Å². The molecule has 2 fully saturated rings. The molecule has 0 saturated carbocycles. The highest BCUT2D eigenvalue weighted by Gasteiger charge is 2.37. The SMILES string of the molecule is CC1CN(C(=O)C2CN(c3cnc4ccc(-c5ccc6oc(N)nc6c5)cc4n3)C2)CCN1. The largest absolute Gasteiger partial charge is 0.424 e. The number of nitrogens with zero attached hydrogens (tertiary/aromatic N) is 5. The number of nitrogens with one attached hydrogen (secondary N) is 1. The summed E-state index contributed by atoms with van der Waals surface area (Å²) < 4.78 is 5.37. The average Bonchev–Trinajstić information content (AvgIpc) is 3.16. The molecule has 2 aromatic heterocycles. The van der Waals surface area contributed by atoms with E-state index in [1.165, 1.54) is 0 Å². The van der Waals surface area contributed by atoms with Crippen LogP contribution in [0.25, 0.3) is 33.3 Å². The number of nitrogens with two attached hydrogens (primary N) is 1. The van der Waals surface area contributed by atoms with Gasteiger partial charge in [0.1, 0.15) is 11.3 Å².